The Balaban J connectivity index is 1.30. The Kier molecular flexibility index (Phi) is 9.57. The number of ether oxygens (including phenoxy) is 6. The second kappa shape index (κ2) is 15.3. The van der Waals surface area contributed by atoms with Crippen molar-refractivity contribution in [2.24, 2.45) is 5.92 Å². The van der Waals surface area contributed by atoms with Crippen molar-refractivity contribution in [2.45, 2.75) is 35.9 Å². The average Bonchev–Trinajstić information content (AvgIpc) is 4.01. The van der Waals surface area contributed by atoms with Crippen molar-refractivity contribution in [1.82, 2.24) is 0 Å². The quantitative estimate of drug-likeness (QED) is 0.0640. The Labute approximate surface area is 416 Å². The van der Waals surface area contributed by atoms with Crippen molar-refractivity contribution < 1.29 is 144 Å². The zero-order valence-electron chi connectivity index (χ0n) is 36.9. The Hall–Kier alpha value is -10.9. The number of hydrogen-bond acceptors (Lipinski definition) is 28. The molecule has 1 spiro atoms. The molecule has 12 rings (SSSR count). The summed E-state index contributed by atoms with van der Waals surface area (Å²) in [6, 6.07) is 1.38. The van der Waals surface area contributed by atoms with E-state index >= 15 is 14.4 Å². The molecule has 1 fully saturated rings. The zero-order chi connectivity index (χ0) is 54.9. The summed E-state index contributed by atoms with van der Waals surface area (Å²) in [5, 5.41) is 178. The largest absolute Gasteiger partial charge is 0.504 e. The number of carbonyl (C=O) groups is 7. The molecule has 1 saturated heterocycles. The van der Waals surface area contributed by atoms with Gasteiger partial charge < -0.3 is 110 Å². The molecule has 1 aliphatic carbocycles. The first-order valence-electron chi connectivity index (χ1n) is 21.4. The Morgan fingerprint density at radius 2 is 0.947 bits per heavy atom. The fourth-order valence-electron chi connectivity index (χ4n) is 10.7. The number of carboxylic acid groups (broad SMARTS) is 1. The smallest absolute Gasteiger partial charge is 0.340 e. The molecule has 0 aromatic heterocycles. The van der Waals surface area contributed by atoms with Crippen LogP contribution in [0.25, 0.3) is 27.8 Å². The first-order chi connectivity index (χ1) is 35.8. The normalized spacial score (nSPS) is 23.8. The number of aliphatic hydroxyl groups is 1. The Morgan fingerprint density at radius 3 is 1.50 bits per heavy atom. The van der Waals surface area contributed by atoms with E-state index in [9.17, 15) is 101 Å². The third kappa shape index (κ3) is 5.79. The van der Waals surface area contributed by atoms with Gasteiger partial charge in [-0.3, -0.25) is 9.59 Å². The highest BCUT2D eigenvalue weighted by atomic mass is 16.6. The number of aliphatic hydroxyl groups excluding tert-OH is 1. The van der Waals surface area contributed by atoms with Crippen LogP contribution in [0.2, 0.25) is 0 Å². The average molecular weight is 1060 g/mol. The Bertz CT molecular complexity index is 3740. The second-order valence-electron chi connectivity index (χ2n) is 17.6. The number of aromatic hydroxyl groups is 14. The number of carboxylic acids is 1. The lowest BCUT2D eigenvalue weighted by Crippen LogP contribution is -2.65. The van der Waals surface area contributed by atoms with Crippen LogP contribution >= 0.6 is 0 Å². The molecule has 5 aromatic rings. The van der Waals surface area contributed by atoms with Crippen LogP contribution < -0.4 is 4.74 Å². The SMILES string of the molecule is O=C1OC[C@H]2OC(=O)c3cc(O)c(O)c(O)c3-c3c(O)c(O)c(O)c4c3C(=O)O[C@@H]([C@@H]2OC(=O)c2cc(O)c(O)c(O)c2-c2c1cc(O)c(O)c2O)[C@@H]1OC(=O)C2C4=C(O)C(=O)[C@]23Oc2c(O)c(O)cc(C(=O)O)c2C13. The standard InChI is InChI=1S/C47H28O29/c48-10-2-7-15(29(56)25(10)52)16-8(3-11(49)26(53)30(16)57)44(68)73-36-14(5-71-42(7)66)72-43(67)9-4-12(50)27(54)31(58)17(9)19-21-20(33(60)35(62)32(19)59)22-24-46(70)74-38(39(36)75-45(21)69)23-18-6(41(64)65)1-13(51)28(55)37(18)76-47(23,24)40(63)34(22)61/h1-4,14,23-24,36,38-39,48-62H,5H2,(H,64,65)/t14-,23?,24?,36-,38-,39+,47-/m1/s1. The lowest BCUT2D eigenvalue weighted by molar-refractivity contribution is -0.200. The molecule has 76 heavy (non-hydrogen) atoms. The molecule has 7 aliphatic rings. The highest BCUT2D eigenvalue weighted by Gasteiger charge is 2.76. The predicted octanol–water partition coefficient (Wildman–Crippen LogP) is 1.38. The maximum absolute atomic E-state index is 15.5. The van der Waals surface area contributed by atoms with Crippen LogP contribution in [0.15, 0.2) is 30.0 Å². The summed E-state index contributed by atoms with van der Waals surface area (Å²) in [7, 11) is 0. The molecule has 29 nitrogen and oxygen atoms in total. The maximum Gasteiger partial charge on any atom is 0.340 e. The number of esters is 5. The van der Waals surface area contributed by atoms with Gasteiger partial charge in [-0.2, -0.15) is 0 Å². The molecule has 6 bridgehead atoms. The molecule has 2 unspecified atom stereocenters. The third-order valence-corrected chi connectivity index (χ3v) is 13.9. The number of benzene rings is 5. The van der Waals surface area contributed by atoms with Crippen LogP contribution in [0.5, 0.6) is 86.2 Å². The number of rotatable bonds is 1. The lowest BCUT2D eigenvalue weighted by Gasteiger charge is -2.47. The van der Waals surface area contributed by atoms with Crippen molar-refractivity contribution in [3.05, 3.63) is 69.0 Å². The van der Waals surface area contributed by atoms with Crippen LogP contribution in [0.4, 0.5) is 0 Å². The van der Waals surface area contributed by atoms with Crippen LogP contribution in [-0.2, 0) is 33.3 Å². The van der Waals surface area contributed by atoms with Gasteiger partial charge in [0, 0.05) is 39.0 Å². The lowest BCUT2D eigenvalue weighted by atomic mass is 9.66. The fraction of sp³-hybridized carbons (Fsp3) is 0.170. The summed E-state index contributed by atoms with van der Waals surface area (Å²) in [6.45, 7) is -1.61. The topological polar surface area (TPSA) is 499 Å². The first-order valence-corrected chi connectivity index (χ1v) is 21.4. The first kappa shape index (κ1) is 47.5. The molecule has 7 atom stereocenters. The van der Waals surface area contributed by atoms with Gasteiger partial charge in [0.05, 0.1) is 33.7 Å². The summed E-state index contributed by atoms with van der Waals surface area (Å²) in [5.41, 5.74) is -18.5. The van der Waals surface area contributed by atoms with Gasteiger partial charge in [0.1, 0.15) is 12.5 Å². The van der Waals surface area contributed by atoms with Gasteiger partial charge in [0.15, 0.2) is 87.7 Å². The summed E-state index contributed by atoms with van der Waals surface area (Å²) >= 11 is 0. The van der Waals surface area contributed by atoms with Crippen molar-refractivity contribution in [1.29, 1.82) is 0 Å². The van der Waals surface area contributed by atoms with E-state index in [1.165, 1.54) is 0 Å². The molecule has 0 amide bonds. The van der Waals surface area contributed by atoms with Crippen molar-refractivity contribution >= 4 is 47.2 Å². The Morgan fingerprint density at radius 1 is 0.474 bits per heavy atom. The molecule has 29 heteroatoms. The number of carbonyl (C=O) groups excluding carboxylic acids is 6. The van der Waals surface area contributed by atoms with Gasteiger partial charge in [-0.15, -0.1) is 0 Å². The van der Waals surface area contributed by atoms with Gasteiger partial charge in [-0.25, -0.2) is 24.0 Å². The second-order valence-corrected chi connectivity index (χ2v) is 17.6. The number of aromatic carboxylic acids is 1. The molecule has 6 aliphatic heterocycles. The minimum absolute atomic E-state index is 0.296. The highest BCUT2D eigenvalue weighted by Crippen LogP contribution is 2.68. The molecule has 390 valence electrons. The number of cyclic esters (lactones) is 1. The van der Waals surface area contributed by atoms with Crippen LogP contribution in [-0.4, -0.2) is 160 Å². The van der Waals surface area contributed by atoms with E-state index in [4.69, 9.17) is 28.4 Å². The minimum Gasteiger partial charge on any atom is -0.504 e. The van der Waals surface area contributed by atoms with E-state index in [2.05, 4.69) is 0 Å². The van der Waals surface area contributed by atoms with E-state index in [0.717, 1.165) is 0 Å². The van der Waals surface area contributed by atoms with Gasteiger partial charge in [0.25, 0.3) is 0 Å². The molecule has 5 aromatic carbocycles. The maximum atomic E-state index is 15.5. The number of hydrogen-bond donors (Lipinski definition) is 16. The van der Waals surface area contributed by atoms with Crippen LogP contribution in [0, 0.1) is 5.92 Å². The van der Waals surface area contributed by atoms with Gasteiger partial charge in [-0.05, 0) is 24.3 Å². The van der Waals surface area contributed by atoms with E-state index in [1.807, 2.05) is 0 Å². The minimum atomic E-state index is -3.32. The summed E-state index contributed by atoms with van der Waals surface area (Å²) in [4.78, 5) is 103. The van der Waals surface area contributed by atoms with E-state index in [-0.39, 0.29) is 0 Å². The number of phenolic OH excluding ortho intramolecular Hbond substituents is 14. The van der Waals surface area contributed by atoms with Crippen molar-refractivity contribution in [3.8, 4) is 108 Å². The predicted molar refractivity (Wildman–Crippen MR) is 232 cm³/mol. The number of ketones is 1. The number of fused-ring (bicyclic) bond motifs is 8. The van der Waals surface area contributed by atoms with Crippen molar-refractivity contribution in [3.63, 3.8) is 0 Å². The molecule has 16 N–H and O–H groups in total. The zero-order valence-corrected chi connectivity index (χ0v) is 36.9. The van der Waals surface area contributed by atoms with Gasteiger partial charge >= 0.3 is 35.8 Å². The molecule has 6 heterocycles. The molecular weight excluding hydrogens is 1030 g/mol. The summed E-state index contributed by atoms with van der Waals surface area (Å²) in [6.07, 6.45) is -11.4. The van der Waals surface area contributed by atoms with E-state index in [0.29, 0.717) is 24.3 Å². The van der Waals surface area contributed by atoms with E-state index < -0.39 is 249 Å². The number of Topliss-reactive ketones (excluding diaryl/α,β-unsaturated/α-hetero) is 1. The van der Waals surface area contributed by atoms with Crippen LogP contribution in [0.3, 0.4) is 0 Å². The fourth-order valence-corrected chi connectivity index (χ4v) is 10.7. The van der Waals surface area contributed by atoms with E-state index in [1.54, 1.807) is 0 Å². The molecule has 0 radical (unpaired) electrons. The third-order valence-electron chi connectivity index (χ3n) is 13.9. The summed E-state index contributed by atoms with van der Waals surface area (Å²) < 4.78 is 34.9. The molecule has 0 saturated carbocycles. The van der Waals surface area contributed by atoms with Crippen molar-refractivity contribution in [2.75, 3.05) is 6.61 Å². The monoisotopic (exact) mass is 1060 g/mol. The highest BCUT2D eigenvalue weighted by molar-refractivity contribution is 6.22. The van der Waals surface area contributed by atoms with Crippen LogP contribution in [0.1, 0.15) is 68.8 Å². The van der Waals surface area contributed by atoms with Gasteiger partial charge in [-0.1, -0.05) is 0 Å². The van der Waals surface area contributed by atoms with Gasteiger partial charge in [0.2, 0.25) is 40.1 Å². The molecular formula is C47H28O29. The summed E-state index contributed by atoms with van der Waals surface area (Å²) in [5.74, 6) is -42.8. The number of phenols is 14.